The van der Waals surface area contributed by atoms with Gasteiger partial charge in [-0.25, -0.2) is 19.3 Å². The third-order valence-electron chi connectivity index (χ3n) is 8.05. The Balaban J connectivity index is 1.12. The van der Waals surface area contributed by atoms with Crippen LogP contribution in [-0.4, -0.2) is 37.8 Å². The number of rotatable bonds is 6. The fourth-order valence-electron chi connectivity index (χ4n) is 5.84. The standard InChI is InChI=1S/C30H33ClFN7/c1-20-4-2-3-13-39-29(20)25(18-35-39)28-26(32)19-34-30(37-28)36-27-10-7-23(17-33-27)22-11-14-38(15-12-22)24-8-5-21(16-31)6-9-24/h5-10,17-20,22H,2-4,11-16H2,1H3,(H,33,34,36,37)/t20-/m1/s1. The van der Waals surface area contributed by atoms with Crippen LogP contribution in [0.4, 0.5) is 21.8 Å². The van der Waals surface area contributed by atoms with E-state index in [2.05, 4.69) is 67.5 Å². The molecule has 0 aliphatic carbocycles. The molecule has 0 saturated carbocycles. The molecule has 0 spiro atoms. The number of anilines is 3. The third-order valence-corrected chi connectivity index (χ3v) is 8.36. The lowest BCUT2D eigenvalue weighted by Crippen LogP contribution is -2.32. The van der Waals surface area contributed by atoms with E-state index in [1.807, 2.05) is 16.9 Å². The molecule has 1 atom stereocenters. The highest BCUT2D eigenvalue weighted by Gasteiger charge is 2.24. The molecule has 2 aliphatic heterocycles. The zero-order chi connectivity index (χ0) is 26.8. The molecule has 3 aromatic heterocycles. The number of pyridine rings is 1. The Kier molecular flexibility index (Phi) is 7.46. The van der Waals surface area contributed by atoms with E-state index in [-0.39, 0.29) is 5.69 Å². The first-order valence-corrected chi connectivity index (χ1v) is 14.3. The molecule has 1 N–H and O–H groups in total. The van der Waals surface area contributed by atoms with Crippen molar-refractivity contribution >= 4 is 29.1 Å². The van der Waals surface area contributed by atoms with Gasteiger partial charge in [0.05, 0.1) is 18.1 Å². The maximum absolute atomic E-state index is 14.9. The van der Waals surface area contributed by atoms with Gasteiger partial charge in [-0.3, -0.25) is 4.68 Å². The third kappa shape index (κ3) is 5.48. The number of nitrogens with zero attached hydrogens (tertiary/aromatic N) is 6. The molecular weight excluding hydrogens is 513 g/mol. The maximum atomic E-state index is 14.9. The summed E-state index contributed by atoms with van der Waals surface area (Å²) in [6.45, 7) is 5.05. The van der Waals surface area contributed by atoms with Gasteiger partial charge in [0.2, 0.25) is 5.95 Å². The smallest absolute Gasteiger partial charge is 0.229 e. The predicted octanol–water partition coefficient (Wildman–Crippen LogP) is 7.03. The van der Waals surface area contributed by atoms with Crippen molar-refractivity contribution in [1.29, 1.82) is 0 Å². The molecule has 0 amide bonds. The Labute approximate surface area is 233 Å². The molecule has 1 fully saturated rings. The molecule has 0 unspecified atom stereocenters. The Morgan fingerprint density at radius 1 is 0.949 bits per heavy atom. The van der Waals surface area contributed by atoms with Gasteiger partial charge in [0.1, 0.15) is 11.5 Å². The summed E-state index contributed by atoms with van der Waals surface area (Å²) in [6, 6.07) is 12.6. The summed E-state index contributed by atoms with van der Waals surface area (Å²) in [6.07, 6.45) is 10.3. The van der Waals surface area contributed by atoms with Crippen LogP contribution in [0.15, 0.2) is 55.0 Å². The van der Waals surface area contributed by atoms with E-state index in [0.29, 0.717) is 29.5 Å². The molecule has 0 radical (unpaired) electrons. The highest BCUT2D eigenvalue weighted by atomic mass is 35.5. The highest BCUT2D eigenvalue weighted by Crippen LogP contribution is 2.35. The van der Waals surface area contributed by atoms with Gasteiger partial charge >= 0.3 is 0 Å². The molecule has 202 valence electrons. The molecule has 39 heavy (non-hydrogen) atoms. The van der Waals surface area contributed by atoms with Crippen molar-refractivity contribution in [2.24, 2.45) is 0 Å². The summed E-state index contributed by atoms with van der Waals surface area (Å²) in [5, 5.41) is 7.69. The van der Waals surface area contributed by atoms with Gasteiger partial charge in [0.25, 0.3) is 0 Å². The van der Waals surface area contributed by atoms with Gasteiger partial charge in [0, 0.05) is 43.0 Å². The van der Waals surface area contributed by atoms with Crippen LogP contribution in [-0.2, 0) is 12.4 Å². The Morgan fingerprint density at radius 2 is 1.77 bits per heavy atom. The number of alkyl halides is 1. The number of fused-ring (bicyclic) bond motifs is 1. The first-order valence-electron chi connectivity index (χ1n) is 13.8. The molecule has 2 aliphatic rings. The predicted molar refractivity (Wildman–Crippen MR) is 153 cm³/mol. The van der Waals surface area contributed by atoms with Crippen molar-refractivity contribution in [3.63, 3.8) is 0 Å². The van der Waals surface area contributed by atoms with E-state index < -0.39 is 5.82 Å². The van der Waals surface area contributed by atoms with Crippen LogP contribution in [0.3, 0.4) is 0 Å². The molecule has 9 heteroatoms. The molecule has 7 nitrogen and oxygen atoms in total. The Morgan fingerprint density at radius 3 is 2.51 bits per heavy atom. The molecular formula is C30H33ClFN7. The Hall–Kier alpha value is -3.52. The summed E-state index contributed by atoms with van der Waals surface area (Å²) in [4.78, 5) is 15.8. The first kappa shape index (κ1) is 25.7. The van der Waals surface area contributed by atoms with E-state index in [1.165, 1.54) is 17.4 Å². The van der Waals surface area contributed by atoms with Gasteiger partial charge in [0.15, 0.2) is 5.82 Å². The summed E-state index contributed by atoms with van der Waals surface area (Å²) in [5.41, 5.74) is 5.70. The summed E-state index contributed by atoms with van der Waals surface area (Å²) >= 11 is 5.93. The summed E-state index contributed by atoms with van der Waals surface area (Å²) < 4.78 is 16.9. The Bertz CT molecular complexity index is 1410. The van der Waals surface area contributed by atoms with E-state index in [1.54, 1.807) is 6.20 Å². The normalized spacial score (nSPS) is 18.0. The van der Waals surface area contributed by atoms with Crippen molar-refractivity contribution in [1.82, 2.24) is 24.7 Å². The maximum Gasteiger partial charge on any atom is 0.229 e. The fraction of sp³-hybridized carbons (Fsp3) is 0.400. The van der Waals surface area contributed by atoms with Crippen molar-refractivity contribution < 1.29 is 4.39 Å². The second-order valence-corrected chi connectivity index (χ2v) is 10.9. The SMILES string of the molecule is C[C@@H]1CCCCn2ncc(-c3nc(Nc4ccc(C5CCN(c6ccc(CCl)cc6)CC5)cn4)ncc3F)c21. The minimum absolute atomic E-state index is 0.281. The van der Waals surface area contributed by atoms with Crippen molar-refractivity contribution in [2.45, 2.75) is 63.3 Å². The number of hydrogen-bond acceptors (Lipinski definition) is 6. The van der Waals surface area contributed by atoms with E-state index in [0.717, 1.165) is 68.6 Å². The zero-order valence-electron chi connectivity index (χ0n) is 22.2. The van der Waals surface area contributed by atoms with Crippen LogP contribution >= 0.6 is 11.6 Å². The number of halogens is 2. The van der Waals surface area contributed by atoms with Gasteiger partial charge in [-0.2, -0.15) is 5.10 Å². The zero-order valence-corrected chi connectivity index (χ0v) is 22.9. The molecule has 4 aromatic rings. The minimum atomic E-state index is -0.447. The van der Waals surface area contributed by atoms with Crippen LogP contribution in [0.5, 0.6) is 0 Å². The largest absolute Gasteiger partial charge is 0.371 e. The van der Waals surface area contributed by atoms with Crippen molar-refractivity contribution in [2.75, 3.05) is 23.3 Å². The number of aromatic nitrogens is 5. The minimum Gasteiger partial charge on any atom is -0.371 e. The van der Waals surface area contributed by atoms with Gasteiger partial charge < -0.3 is 10.2 Å². The number of aryl methyl sites for hydroxylation is 1. The average molecular weight is 546 g/mol. The lowest BCUT2D eigenvalue weighted by Gasteiger charge is -2.33. The highest BCUT2D eigenvalue weighted by molar-refractivity contribution is 6.17. The second kappa shape index (κ2) is 11.3. The molecule has 0 bridgehead atoms. The van der Waals surface area contributed by atoms with Gasteiger partial charge in [-0.1, -0.05) is 31.5 Å². The van der Waals surface area contributed by atoms with Crippen molar-refractivity contribution in [3.8, 4) is 11.3 Å². The van der Waals surface area contributed by atoms with Gasteiger partial charge in [-0.15, -0.1) is 11.6 Å². The summed E-state index contributed by atoms with van der Waals surface area (Å²) in [5.74, 6) is 1.82. The van der Waals surface area contributed by atoms with E-state index >= 15 is 0 Å². The van der Waals surface area contributed by atoms with Crippen LogP contribution in [0, 0.1) is 5.82 Å². The van der Waals surface area contributed by atoms with Crippen molar-refractivity contribution in [3.05, 3.63) is 77.6 Å². The number of nitrogens with one attached hydrogen (secondary N) is 1. The second-order valence-electron chi connectivity index (χ2n) is 10.6. The van der Waals surface area contributed by atoms with Crippen LogP contribution in [0.25, 0.3) is 11.3 Å². The number of hydrogen-bond donors (Lipinski definition) is 1. The van der Waals surface area contributed by atoms with Crippen LogP contribution < -0.4 is 10.2 Å². The summed E-state index contributed by atoms with van der Waals surface area (Å²) in [7, 11) is 0. The topological polar surface area (TPSA) is 71.8 Å². The van der Waals surface area contributed by atoms with Gasteiger partial charge in [-0.05, 0) is 66.8 Å². The van der Waals surface area contributed by atoms with E-state index in [9.17, 15) is 4.39 Å². The van der Waals surface area contributed by atoms with Crippen LogP contribution in [0.2, 0.25) is 0 Å². The quantitative estimate of drug-likeness (QED) is 0.262. The first-order chi connectivity index (χ1) is 19.1. The fourth-order valence-corrected chi connectivity index (χ4v) is 6.02. The monoisotopic (exact) mass is 545 g/mol. The lowest BCUT2D eigenvalue weighted by atomic mass is 9.90. The van der Waals surface area contributed by atoms with Crippen LogP contribution in [0.1, 0.15) is 67.7 Å². The molecule has 1 saturated heterocycles. The molecule has 1 aromatic carbocycles. The molecule has 5 heterocycles. The van der Waals surface area contributed by atoms with E-state index in [4.69, 9.17) is 11.6 Å². The number of benzene rings is 1. The molecule has 6 rings (SSSR count). The average Bonchev–Trinajstić information content (AvgIpc) is 3.31. The number of piperidine rings is 1. The lowest BCUT2D eigenvalue weighted by molar-refractivity contribution is 0.504.